The predicted octanol–water partition coefficient (Wildman–Crippen LogP) is 3.23. The highest BCUT2D eigenvalue weighted by atomic mass is 32.1. The van der Waals surface area contributed by atoms with Gasteiger partial charge in [-0.15, -0.1) is 0 Å². The number of Topliss-reactive ketones (excluding diaryl/α,β-unsaturated/α-hetero) is 1. The Hall–Kier alpha value is -4.48. The van der Waals surface area contributed by atoms with Crippen molar-refractivity contribution in [3.8, 4) is 11.5 Å². The van der Waals surface area contributed by atoms with Crippen LogP contribution in [0.2, 0.25) is 0 Å². The molecule has 0 spiro atoms. The van der Waals surface area contributed by atoms with Crippen molar-refractivity contribution in [2.24, 2.45) is 5.92 Å². The molecule has 208 valence electrons. The molecule has 1 aliphatic rings. The molecule has 1 amide bonds. The summed E-state index contributed by atoms with van der Waals surface area (Å²) in [6, 6.07) is 18.4. The number of benzene rings is 3. The van der Waals surface area contributed by atoms with Crippen LogP contribution < -0.4 is 25.4 Å². The van der Waals surface area contributed by atoms with E-state index in [1.807, 2.05) is 0 Å². The van der Waals surface area contributed by atoms with Crippen LogP contribution in [0.3, 0.4) is 0 Å². The number of methoxy groups -OCH3 is 2. The van der Waals surface area contributed by atoms with E-state index < -0.39 is 35.3 Å². The lowest BCUT2D eigenvalue weighted by atomic mass is 9.77. The first-order valence-electron chi connectivity index (χ1n) is 12.4. The van der Waals surface area contributed by atoms with Crippen molar-refractivity contribution in [2.45, 2.75) is 18.7 Å². The summed E-state index contributed by atoms with van der Waals surface area (Å²) in [4.78, 5) is 39.6. The summed E-state index contributed by atoms with van der Waals surface area (Å²) in [5.74, 6) is -2.44. The quantitative estimate of drug-likeness (QED) is 0.175. The van der Waals surface area contributed by atoms with Crippen LogP contribution >= 0.6 is 12.2 Å². The Morgan fingerprint density at radius 3 is 2.25 bits per heavy atom. The van der Waals surface area contributed by atoms with Gasteiger partial charge >= 0.3 is 5.97 Å². The summed E-state index contributed by atoms with van der Waals surface area (Å²) < 4.78 is 15.8. The molecule has 3 unspecified atom stereocenters. The van der Waals surface area contributed by atoms with Crippen molar-refractivity contribution in [3.05, 3.63) is 89.5 Å². The van der Waals surface area contributed by atoms with Crippen molar-refractivity contribution < 1.29 is 33.7 Å². The molecule has 1 fully saturated rings. The van der Waals surface area contributed by atoms with E-state index in [1.54, 1.807) is 55.5 Å². The van der Waals surface area contributed by atoms with Gasteiger partial charge in [-0.3, -0.25) is 9.59 Å². The first-order chi connectivity index (χ1) is 19.2. The summed E-state index contributed by atoms with van der Waals surface area (Å²) in [7, 11) is 2.98. The van der Waals surface area contributed by atoms with Gasteiger partial charge in [0.15, 0.2) is 22.4 Å². The molecule has 4 rings (SSSR count). The van der Waals surface area contributed by atoms with E-state index in [9.17, 15) is 19.5 Å². The first kappa shape index (κ1) is 28.5. The molecule has 0 aliphatic carbocycles. The number of esters is 1. The summed E-state index contributed by atoms with van der Waals surface area (Å²) >= 11 is 5.37. The fourth-order valence-electron chi connectivity index (χ4n) is 4.53. The number of hydrogen-bond donors (Lipinski definition) is 4. The Kier molecular flexibility index (Phi) is 8.66. The van der Waals surface area contributed by atoms with Gasteiger partial charge in [0.25, 0.3) is 5.91 Å². The summed E-state index contributed by atoms with van der Waals surface area (Å²) in [6.45, 7) is 1.92. The zero-order chi connectivity index (χ0) is 28.9. The molecule has 4 N–H and O–H groups in total. The lowest BCUT2D eigenvalue weighted by Crippen LogP contribution is -2.71. The SMILES string of the molecule is CCOC(=O)c1ccc(NC(=O)C2(O)NC(=S)NC(c3ccc(OC)c(OC)c3)C2C(=O)c2ccccc2)cc1. The maximum Gasteiger partial charge on any atom is 0.338 e. The fourth-order valence-corrected chi connectivity index (χ4v) is 4.81. The summed E-state index contributed by atoms with van der Waals surface area (Å²) in [5, 5.41) is 20.2. The predicted molar refractivity (Wildman–Crippen MR) is 151 cm³/mol. The highest BCUT2D eigenvalue weighted by molar-refractivity contribution is 7.80. The van der Waals surface area contributed by atoms with Crippen molar-refractivity contribution in [1.82, 2.24) is 10.6 Å². The Morgan fingerprint density at radius 1 is 0.950 bits per heavy atom. The molecular weight excluding hydrogens is 534 g/mol. The second-order valence-corrected chi connectivity index (χ2v) is 9.33. The van der Waals surface area contributed by atoms with Crippen LogP contribution in [0.1, 0.15) is 39.2 Å². The second kappa shape index (κ2) is 12.1. The van der Waals surface area contributed by atoms with Gasteiger partial charge in [0, 0.05) is 11.3 Å². The lowest BCUT2D eigenvalue weighted by molar-refractivity contribution is -0.143. The van der Waals surface area contributed by atoms with Crippen LogP contribution in [0.5, 0.6) is 11.5 Å². The number of anilines is 1. The molecule has 0 bridgehead atoms. The number of rotatable bonds is 9. The average molecular weight is 564 g/mol. The normalized spacial score (nSPS) is 19.9. The number of nitrogens with one attached hydrogen (secondary N) is 3. The number of carbonyl (C=O) groups excluding carboxylic acids is 3. The molecule has 3 atom stereocenters. The third kappa shape index (κ3) is 5.75. The molecule has 1 aliphatic heterocycles. The van der Waals surface area contributed by atoms with Gasteiger partial charge in [-0.25, -0.2) is 4.79 Å². The number of ketones is 1. The Bertz CT molecular complexity index is 1410. The minimum atomic E-state index is -2.47. The van der Waals surface area contributed by atoms with Crippen molar-refractivity contribution in [3.63, 3.8) is 0 Å². The van der Waals surface area contributed by atoms with Gasteiger partial charge < -0.3 is 35.3 Å². The molecule has 10 nitrogen and oxygen atoms in total. The zero-order valence-corrected chi connectivity index (χ0v) is 22.9. The van der Waals surface area contributed by atoms with E-state index in [0.29, 0.717) is 28.2 Å². The van der Waals surface area contributed by atoms with Crippen LogP contribution in [-0.2, 0) is 9.53 Å². The summed E-state index contributed by atoms with van der Waals surface area (Å²) in [6.07, 6.45) is 0. The number of hydrogen-bond acceptors (Lipinski definition) is 8. The Balaban J connectivity index is 1.74. The molecule has 0 aromatic heterocycles. The maximum absolute atomic E-state index is 14.0. The van der Waals surface area contributed by atoms with Crippen molar-refractivity contribution in [1.29, 1.82) is 0 Å². The Labute approximate surface area is 236 Å². The molecule has 0 radical (unpaired) electrons. The van der Waals surface area contributed by atoms with E-state index in [-0.39, 0.29) is 17.4 Å². The third-order valence-electron chi connectivity index (χ3n) is 6.48. The average Bonchev–Trinajstić information content (AvgIpc) is 2.97. The summed E-state index contributed by atoms with van der Waals surface area (Å²) in [5.41, 5.74) is -1.07. The van der Waals surface area contributed by atoms with Gasteiger partial charge in [0.1, 0.15) is 5.92 Å². The van der Waals surface area contributed by atoms with Crippen molar-refractivity contribution >= 4 is 40.7 Å². The van der Waals surface area contributed by atoms with E-state index in [4.69, 9.17) is 26.4 Å². The molecular formula is C29H29N3O7S. The molecule has 3 aromatic carbocycles. The molecule has 1 saturated heterocycles. The van der Waals surface area contributed by atoms with Gasteiger partial charge in [0.05, 0.1) is 32.4 Å². The molecule has 3 aromatic rings. The lowest BCUT2D eigenvalue weighted by Gasteiger charge is -2.44. The van der Waals surface area contributed by atoms with Crippen LogP contribution in [-0.4, -0.2) is 54.4 Å². The maximum atomic E-state index is 14.0. The van der Waals surface area contributed by atoms with E-state index >= 15 is 0 Å². The molecule has 11 heteroatoms. The highest BCUT2D eigenvalue weighted by Gasteiger charge is 2.55. The van der Waals surface area contributed by atoms with E-state index in [0.717, 1.165) is 0 Å². The second-order valence-electron chi connectivity index (χ2n) is 8.92. The van der Waals surface area contributed by atoms with Gasteiger partial charge in [-0.2, -0.15) is 0 Å². The van der Waals surface area contributed by atoms with Crippen LogP contribution in [0.25, 0.3) is 0 Å². The number of aliphatic hydroxyl groups is 1. The number of ether oxygens (including phenoxy) is 3. The van der Waals surface area contributed by atoms with Crippen LogP contribution in [0.15, 0.2) is 72.8 Å². The van der Waals surface area contributed by atoms with E-state index in [2.05, 4.69) is 16.0 Å². The highest BCUT2D eigenvalue weighted by Crippen LogP contribution is 2.39. The minimum Gasteiger partial charge on any atom is -0.493 e. The van der Waals surface area contributed by atoms with Gasteiger partial charge in [-0.05, 0) is 61.1 Å². The largest absolute Gasteiger partial charge is 0.493 e. The standard InChI is InChI=1S/C29H29N3O7S/c1-4-39-26(34)18-10-13-20(14-11-18)30-27(35)29(36)23(25(33)17-8-6-5-7-9-17)24(31-28(40)32-29)19-12-15-21(37-2)22(16-19)38-3/h5-16,23-24,36H,4H2,1-3H3,(H,30,35)(H2,31,32,40). The van der Waals surface area contributed by atoms with Crippen LogP contribution in [0.4, 0.5) is 5.69 Å². The third-order valence-corrected chi connectivity index (χ3v) is 6.70. The molecule has 40 heavy (non-hydrogen) atoms. The van der Waals surface area contributed by atoms with Crippen LogP contribution in [0, 0.1) is 5.92 Å². The minimum absolute atomic E-state index is 0.0350. The first-order valence-corrected chi connectivity index (χ1v) is 12.8. The smallest absolute Gasteiger partial charge is 0.338 e. The molecule has 0 saturated carbocycles. The van der Waals surface area contributed by atoms with Crippen molar-refractivity contribution in [2.75, 3.05) is 26.1 Å². The Morgan fingerprint density at radius 2 is 1.62 bits per heavy atom. The molecule has 1 heterocycles. The topological polar surface area (TPSA) is 135 Å². The number of amides is 1. The zero-order valence-electron chi connectivity index (χ0n) is 22.1. The van der Waals surface area contributed by atoms with E-state index in [1.165, 1.54) is 38.5 Å². The fraction of sp³-hybridized carbons (Fsp3) is 0.241. The van der Waals surface area contributed by atoms with Gasteiger partial charge in [0.2, 0.25) is 5.72 Å². The number of carbonyl (C=O) groups is 3. The van der Waals surface area contributed by atoms with Gasteiger partial charge in [-0.1, -0.05) is 36.4 Å². The monoisotopic (exact) mass is 563 g/mol. The number of thiocarbonyl (C=S) groups is 1.